The maximum absolute atomic E-state index is 12.9. The highest BCUT2D eigenvalue weighted by Gasteiger charge is 2.29. The number of likely N-dealkylation sites (tertiary alicyclic amines) is 1. The summed E-state index contributed by atoms with van der Waals surface area (Å²) in [6.45, 7) is 0.532. The molecule has 1 saturated heterocycles. The van der Waals surface area contributed by atoms with E-state index in [-0.39, 0.29) is 11.7 Å². The first-order chi connectivity index (χ1) is 21.1. The van der Waals surface area contributed by atoms with Crippen LogP contribution in [0, 0.1) is 0 Å². The molecule has 1 aliphatic rings. The molecule has 3 aromatic heterocycles. The number of hydrogen-bond donors (Lipinski definition) is 3. The molecule has 1 fully saturated rings. The molecule has 1 aliphatic heterocycles. The number of hydrogen-bond acceptors (Lipinski definition) is 9. The van der Waals surface area contributed by atoms with Crippen LogP contribution in [0.5, 0.6) is 0 Å². The largest absolute Gasteiger partial charge is 0.400 e. The van der Waals surface area contributed by atoms with Gasteiger partial charge in [-0.15, -0.1) is 0 Å². The van der Waals surface area contributed by atoms with E-state index < -0.39 is 11.9 Å². The molecular formula is C32H30N6O5. The summed E-state index contributed by atoms with van der Waals surface area (Å²) in [5.74, 6) is 4.79. The first-order valence-electron chi connectivity index (χ1n) is 13.7. The molecule has 0 saturated carbocycles. The standard InChI is InChI=1S/C31H26N6O4.CH4O/c32-35-30(39)24-15-27(34-26-12-13-33-17-25(24)26)21-8-4-19(5-9-21)20-6-10-22(11-7-20)28-16-29(41-36-28)31(40)37-14-2-1-3-23(37)18-38;1-2/h4-13,15-18,23H,1-3,14,32H2,(H,35,39);2H,1H3. The number of amides is 2. The number of carbonyl (C=O) groups excluding carboxylic acids is 3. The predicted octanol–water partition coefficient (Wildman–Crippen LogP) is 4.02. The highest BCUT2D eigenvalue weighted by atomic mass is 16.5. The number of nitrogens with zero attached hydrogens (tertiary/aromatic N) is 4. The van der Waals surface area contributed by atoms with Crippen molar-refractivity contribution in [1.29, 1.82) is 0 Å². The number of carbonyl (C=O) groups is 3. The van der Waals surface area contributed by atoms with E-state index in [1.807, 2.05) is 48.5 Å². The Morgan fingerprint density at radius 1 is 0.953 bits per heavy atom. The minimum atomic E-state index is -0.419. The number of nitrogen functional groups attached to an aromatic ring is 1. The molecule has 0 bridgehead atoms. The molecule has 11 nitrogen and oxygen atoms in total. The van der Waals surface area contributed by atoms with Crippen LogP contribution in [0.25, 0.3) is 44.5 Å². The number of aliphatic hydroxyl groups excluding tert-OH is 1. The highest BCUT2D eigenvalue weighted by molar-refractivity contribution is 6.06. The molecule has 0 aliphatic carbocycles. The Morgan fingerprint density at radius 3 is 2.26 bits per heavy atom. The SMILES string of the molecule is CO.NNC(=O)c1cc(-c2ccc(-c3ccc(-c4cc(C(=O)N5CCCCC5C=O)on4)cc3)cc2)nc2ccncc12. The van der Waals surface area contributed by atoms with Crippen molar-refractivity contribution >= 4 is 29.0 Å². The van der Waals surface area contributed by atoms with Crippen molar-refractivity contribution in [3.63, 3.8) is 0 Å². The summed E-state index contributed by atoms with van der Waals surface area (Å²) in [4.78, 5) is 47.1. The number of rotatable bonds is 6. The van der Waals surface area contributed by atoms with E-state index in [1.165, 1.54) is 0 Å². The summed E-state index contributed by atoms with van der Waals surface area (Å²) in [6, 6.07) is 20.3. The molecule has 4 N–H and O–H groups in total. The lowest BCUT2D eigenvalue weighted by atomic mass is 9.99. The van der Waals surface area contributed by atoms with Crippen LogP contribution in [0.3, 0.4) is 0 Å². The Bertz CT molecular complexity index is 1750. The second kappa shape index (κ2) is 13.1. The predicted molar refractivity (Wildman–Crippen MR) is 160 cm³/mol. The molecule has 4 heterocycles. The van der Waals surface area contributed by atoms with Crippen LogP contribution in [0.1, 0.15) is 40.2 Å². The zero-order valence-electron chi connectivity index (χ0n) is 23.4. The van der Waals surface area contributed by atoms with Gasteiger partial charge in [-0.1, -0.05) is 53.7 Å². The van der Waals surface area contributed by atoms with Gasteiger partial charge in [-0.05, 0) is 42.5 Å². The quantitative estimate of drug-likeness (QED) is 0.117. The van der Waals surface area contributed by atoms with Gasteiger partial charge < -0.3 is 19.3 Å². The first-order valence-corrected chi connectivity index (χ1v) is 13.7. The van der Waals surface area contributed by atoms with Gasteiger partial charge >= 0.3 is 0 Å². The molecule has 0 radical (unpaired) electrons. The van der Waals surface area contributed by atoms with Gasteiger partial charge in [0.2, 0.25) is 5.76 Å². The topological polar surface area (TPSA) is 165 Å². The number of benzene rings is 2. The van der Waals surface area contributed by atoms with Crippen LogP contribution in [0.2, 0.25) is 0 Å². The minimum Gasteiger partial charge on any atom is -0.400 e. The molecule has 43 heavy (non-hydrogen) atoms. The van der Waals surface area contributed by atoms with Crippen LogP contribution < -0.4 is 11.3 Å². The van der Waals surface area contributed by atoms with Gasteiger partial charge in [0.15, 0.2) is 0 Å². The summed E-state index contributed by atoms with van der Waals surface area (Å²) in [5.41, 5.74) is 8.06. The third-order valence-electron chi connectivity index (χ3n) is 7.37. The molecule has 218 valence electrons. The fourth-order valence-electron chi connectivity index (χ4n) is 5.15. The number of nitrogens with one attached hydrogen (secondary N) is 1. The van der Waals surface area contributed by atoms with E-state index in [9.17, 15) is 14.4 Å². The van der Waals surface area contributed by atoms with Crippen molar-refractivity contribution < 1.29 is 24.0 Å². The fourth-order valence-corrected chi connectivity index (χ4v) is 5.15. The van der Waals surface area contributed by atoms with Gasteiger partial charge in [0, 0.05) is 48.6 Å². The Hall–Kier alpha value is -5.26. The van der Waals surface area contributed by atoms with E-state index in [1.54, 1.807) is 35.5 Å². The third-order valence-corrected chi connectivity index (χ3v) is 7.37. The summed E-state index contributed by atoms with van der Waals surface area (Å²) >= 11 is 0. The Kier molecular flexibility index (Phi) is 8.94. The zero-order chi connectivity index (χ0) is 30.3. The lowest BCUT2D eigenvalue weighted by Gasteiger charge is -2.31. The number of fused-ring (bicyclic) bond motifs is 1. The summed E-state index contributed by atoms with van der Waals surface area (Å²) < 4.78 is 5.36. The molecular weight excluding hydrogens is 548 g/mol. The minimum absolute atomic E-state index is 0.124. The number of hydrazine groups is 1. The summed E-state index contributed by atoms with van der Waals surface area (Å²) in [6.07, 6.45) is 6.51. The molecule has 1 atom stereocenters. The maximum Gasteiger partial charge on any atom is 0.293 e. The normalized spacial score (nSPS) is 14.5. The van der Waals surface area contributed by atoms with E-state index in [2.05, 4.69) is 15.6 Å². The number of aromatic nitrogens is 3. The molecule has 11 heteroatoms. The Balaban J connectivity index is 0.00000180. The molecule has 6 rings (SSSR count). The number of aldehydes is 1. The van der Waals surface area contributed by atoms with Crippen molar-refractivity contribution in [2.45, 2.75) is 25.3 Å². The van der Waals surface area contributed by atoms with E-state index in [4.69, 9.17) is 20.5 Å². The average Bonchev–Trinajstić information content (AvgIpc) is 3.58. The average molecular weight is 579 g/mol. The second-order valence-corrected chi connectivity index (χ2v) is 9.85. The zero-order valence-corrected chi connectivity index (χ0v) is 23.4. The van der Waals surface area contributed by atoms with Gasteiger partial charge in [-0.2, -0.15) is 0 Å². The number of nitrogens with two attached hydrogens (primary N) is 1. The van der Waals surface area contributed by atoms with Crippen molar-refractivity contribution in [3.05, 3.63) is 90.4 Å². The van der Waals surface area contributed by atoms with E-state index in [0.29, 0.717) is 40.8 Å². The molecule has 1 unspecified atom stereocenters. The maximum atomic E-state index is 12.9. The number of pyridine rings is 2. The molecule has 2 amide bonds. The van der Waals surface area contributed by atoms with E-state index >= 15 is 0 Å². The Morgan fingerprint density at radius 2 is 1.60 bits per heavy atom. The third kappa shape index (κ3) is 6.03. The smallest absolute Gasteiger partial charge is 0.293 e. The van der Waals surface area contributed by atoms with Crippen LogP contribution in [-0.4, -0.2) is 62.9 Å². The van der Waals surface area contributed by atoms with Gasteiger partial charge in [0.05, 0.1) is 22.8 Å². The van der Waals surface area contributed by atoms with E-state index in [0.717, 1.165) is 48.5 Å². The van der Waals surface area contributed by atoms with Gasteiger partial charge in [0.25, 0.3) is 11.8 Å². The van der Waals surface area contributed by atoms with Gasteiger partial charge in [-0.25, -0.2) is 10.8 Å². The highest BCUT2D eigenvalue weighted by Crippen LogP contribution is 2.29. The van der Waals surface area contributed by atoms with Crippen molar-refractivity contribution in [1.82, 2.24) is 25.5 Å². The van der Waals surface area contributed by atoms with Gasteiger partial charge in [-0.3, -0.25) is 20.0 Å². The lowest BCUT2D eigenvalue weighted by Crippen LogP contribution is -2.44. The molecule has 2 aromatic carbocycles. The second-order valence-electron chi connectivity index (χ2n) is 9.85. The summed E-state index contributed by atoms with van der Waals surface area (Å²) in [5, 5.41) is 11.7. The fraction of sp³-hybridized carbons (Fsp3) is 0.188. The lowest BCUT2D eigenvalue weighted by molar-refractivity contribution is -0.112. The first kappa shape index (κ1) is 29.2. The number of aliphatic hydroxyl groups is 1. The number of piperidine rings is 1. The Labute approximate surface area is 247 Å². The van der Waals surface area contributed by atoms with Crippen LogP contribution in [0.15, 0.2) is 83.6 Å². The van der Waals surface area contributed by atoms with Crippen molar-refractivity contribution in [3.8, 4) is 33.6 Å². The van der Waals surface area contributed by atoms with Crippen LogP contribution in [0.4, 0.5) is 0 Å². The molecule has 0 spiro atoms. The summed E-state index contributed by atoms with van der Waals surface area (Å²) in [7, 11) is 1.00. The monoisotopic (exact) mass is 578 g/mol. The van der Waals surface area contributed by atoms with Crippen LogP contribution >= 0.6 is 0 Å². The molecule has 5 aromatic rings. The van der Waals surface area contributed by atoms with Crippen LogP contribution in [-0.2, 0) is 4.79 Å². The van der Waals surface area contributed by atoms with Gasteiger partial charge in [0.1, 0.15) is 12.0 Å². The van der Waals surface area contributed by atoms with Crippen molar-refractivity contribution in [2.75, 3.05) is 13.7 Å². The van der Waals surface area contributed by atoms with Crippen molar-refractivity contribution in [2.24, 2.45) is 5.84 Å².